The largest absolute Gasteiger partial charge is 0.497 e. The van der Waals surface area contributed by atoms with Crippen LogP contribution < -0.4 is 9.47 Å². The van der Waals surface area contributed by atoms with Gasteiger partial charge < -0.3 is 14.4 Å². The van der Waals surface area contributed by atoms with Crippen LogP contribution in [0.15, 0.2) is 18.2 Å². The van der Waals surface area contributed by atoms with E-state index in [-0.39, 0.29) is 5.91 Å². The third kappa shape index (κ3) is 2.43. The van der Waals surface area contributed by atoms with Crippen molar-refractivity contribution in [3.63, 3.8) is 0 Å². The molecule has 0 atom stereocenters. The Labute approximate surface area is 129 Å². The Morgan fingerprint density at radius 3 is 2.68 bits per heavy atom. The molecule has 1 aliphatic heterocycles. The minimum absolute atomic E-state index is 0.311. The summed E-state index contributed by atoms with van der Waals surface area (Å²) in [7, 11) is -1.82. The first-order chi connectivity index (χ1) is 10.4. The Hall–Kier alpha value is -1.76. The van der Waals surface area contributed by atoms with E-state index in [1.807, 2.05) is 12.1 Å². The van der Waals surface area contributed by atoms with Gasteiger partial charge in [-0.25, -0.2) is 8.42 Å². The van der Waals surface area contributed by atoms with Crippen molar-refractivity contribution in [3.8, 4) is 11.5 Å². The standard InChI is InChI=1S/C15H19NO5S/c1-20-12-3-4-13-11(9-12)10-16(7-8-21-13)14(17)15(5-6-15)22(2,18)19/h3-4,9H,5-8,10H2,1-2H3. The summed E-state index contributed by atoms with van der Waals surface area (Å²) in [6, 6.07) is 5.43. The van der Waals surface area contributed by atoms with Crippen molar-refractivity contribution >= 4 is 15.7 Å². The summed E-state index contributed by atoms with van der Waals surface area (Å²) in [6.07, 6.45) is 1.96. The predicted octanol–water partition coefficient (Wildman–Crippen LogP) is 0.993. The number of ether oxygens (including phenoxy) is 2. The molecule has 0 saturated heterocycles. The average Bonchev–Trinajstić information content (AvgIpc) is 3.29. The number of hydrogen-bond acceptors (Lipinski definition) is 5. The van der Waals surface area contributed by atoms with E-state index in [2.05, 4.69) is 0 Å². The molecule has 3 rings (SSSR count). The van der Waals surface area contributed by atoms with Gasteiger partial charge in [-0.1, -0.05) is 0 Å². The number of benzene rings is 1. The van der Waals surface area contributed by atoms with E-state index < -0.39 is 14.6 Å². The number of hydrogen-bond donors (Lipinski definition) is 0. The van der Waals surface area contributed by atoms with Crippen LogP contribution in [-0.2, 0) is 21.2 Å². The molecule has 1 fully saturated rings. The smallest absolute Gasteiger partial charge is 0.244 e. The van der Waals surface area contributed by atoms with Gasteiger partial charge in [-0.3, -0.25) is 4.79 Å². The first-order valence-electron chi connectivity index (χ1n) is 7.16. The molecule has 2 aliphatic rings. The predicted molar refractivity (Wildman–Crippen MR) is 80.7 cm³/mol. The van der Waals surface area contributed by atoms with Gasteiger partial charge in [0, 0.05) is 18.4 Å². The molecule has 7 heteroatoms. The molecule has 1 saturated carbocycles. The average molecular weight is 325 g/mol. The highest BCUT2D eigenvalue weighted by atomic mass is 32.2. The zero-order valence-electron chi connectivity index (χ0n) is 12.7. The quantitative estimate of drug-likeness (QED) is 0.829. The van der Waals surface area contributed by atoms with E-state index in [0.29, 0.717) is 44.0 Å². The molecule has 1 amide bonds. The topological polar surface area (TPSA) is 72.9 Å². The first kappa shape index (κ1) is 15.1. The molecule has 0 N–H and O–H groups in total. The lowest BCUT2D eigenvalue weighted by atomic mass is 10.1. The number of methoxy groups -OCH3 is 1. The highest BCUT2D eigenvalue weighted by Crippen LogP contribution is 2.45. The van der Waals surface area contributed by atoms with Gasteiger partial charge in [0.1, 0.15) is 18.1 Å². The fourth-order valence-corrected chi connectivity index (χ4v) is 4.11. The maximum Gasteiger partial charge on any atom is 0.244 e. The van der Waals surface area contributed by atoms with E-state index >= 15 is 0 Å². The summed E-state index contributed by atoms with van der Waals surface area (Å²) in [6.45, 7) is 1.07. The lowest BCUT2D eigenvalue weighted by Gasteiger charge is -2.24. The highest BCUT2D eigenvalue weighted by molar-refractivity contribution is 7.93. The molecule has 1 heterocycles. The van der Waals surface area contributed by atoms with Gasteiger partial charge in [-0.2, -0.15) is 0 Å². The van der Waals surface area contributed by atoms with Crippen molar-refractivity contribution in [2.75, 3.05) is 26.5 Å². The molecule has 6 nitrogen and oxygen atoms in total. The molecule has 0 bridgehead atoms. The highest BCUT2D eigenvalue weighted by Gasteiger charge is 2.60. The second-order valence-electron chi connectivity index (χ2n) is 5.82. The Morgan fingerprint density at radius 1 is 1.36 bits per heavy atom. The summed E-state index contributed by atoms with van der Waals surface area (Å²) >= 11 is 0. The van der Waals surface area contributed by atoms with Crippen LogP contribution in [0.2, 0.25) is 0 Å². The molecule has 0 radical (unpaired) electrons. The number of amides is 1. The van der Waals surface area contributed by atoms with Crippen LogP contribution in [-0.4, -0.2) is 50.5 Å². The van der Waals surface area contributed by atoms with E-state index in [9.17, 15) is 13.2 Å². The van der Waals surface area contributed by atoms with Gasteiger partial charge in [-0.15, -0.1) is 0 Å². The van der Waals surface area contributed by atoms with Crippen molar-refractivity contribution in [3.05, 3.63) is 23.8 Å². The first-order valence-corrected chi connectivity index (χ1v) is 9.05. The van der Waals surface area contributed by atoms with Gasteiger partial charge in [-0.05, 0) is 31.0 Å². The van der Waals surface area contributed by atoms with Crippen LogP contribution in [0, 0.1) is 0 Å². The van der Waals surface area contributed by atoms with Crippen LogP contribution in [0.3, 0.4) is 0 Å². The summed E-state index contributed by atoms with van der Waals surface area (Å²) in [5.41, 5.74) is 0.828. The van der Waals surface area contributed by atoms with E-state index in [1.54, 1.807) is 18.1 Å². The van der Waals surface area contributed by atoms with E-state index in [4.69, 9.17) is 9.47 Å². The number of rotatable bonds is 3. The van der Waals surface area contributed by atoms with Crippen molar-refractivity contribution in [2.45, 2.75) is 24.1 Å². The van der Waals surface area contributed by atoms with Crippen LogP contribution in [0.5, 0.6) is 11.5 Å². The Kier molecular flexibility index (Phi) is 3.55. The Balaban J connectivity index is 1.88. The van der Waals surface area contributed by atoms with Crippen molar-refractivity contribution in [1.82, 2.24) is 4.90 Å². The molecule has 1 aromatic carbocycles. The number of fused-ring (bicyclic) bond motifs is 1. The zero-order chi connectivity index (χ0) is 16.0. The molecule has 0 unspecified atom stereocenters. The van der Waals surface area contributed by atoms with Gasteiger partial charge in [0.2, 0.25) is 5.91 Å². The molecule has 22 heavy (non-hydrogen) atoms. The van der Waals surface area contributed by atoms with Crippen LogP contribution in [0.4, 0.5) is 0 Å². The van der Waals surface area contributed by atoms with Crippen molar-refractivity contribution < 1.29 is 22.7 Å². The second-order valence-corrected chi connectivity index (χ2v) is 8.14. The summed E-state index contributed by atoms with van der Waals surface area (Å²) in [4.78, 5) is 14.3. The molecule has 1 aromatic rings. The lowest BCUT2D eigenvalue weighted by Crippen LogP contribution is -2.45. The van der Waals surface area contributed by atoms with Gasteiger partial charge in [0.05, 0.1) is 13.7 Å². The van der Waals surface area contributed by atoms with E-state index in [0.717, 1.165) is 11.8 Å². The summed E-state index contributed by atoms with van der Waals surface area (Å²) < 4.78 is 33.5. The number of carbonyl (C=O) groups is 1. The molecular formula is C15H19NO5S. The Bertz CT molecular complexity index is 709. The van der Waals surface area contributed by atoms with Gasteiger partial charge >= 0.3 is 0 Å². The normalized spacial score (nSPS) is 19.6. The maximum absolute atomic E-state index is 12.7. The lowest BCUT2D eigenvalue weighted by molar-refractivity contribution is -0.132. The fourth-order valence-electron chi connectivity index (χ4n) is 2.82. The second kappa shape index (κ2) is 5.15. The minimum atomic E-state index is -3.40. The molecule has 0 spiro atoms. The number of nitrogens with zero attached hydrogens (tertiary/aromatic N) is 1. The third-order valence-corrected chi connectivity index (χ3v) is 6.34. The third-order valence-electron chi connectivity index (χ3n) is 4.34. The van der Waals surface area contributed by atoms with Gasteiger partial charge in [0.25, 0.3) is 0 Å². The summed E-state index contributed by atoms with van der Waals surface area (Å²) in [5.74, 6) is 1.08. The fraction of sp³-hybridized carbons (Fsp3) is 0.533. The maximum atomic E-state index is 12.7. The summed E-state index contributed by atoms with van der Waals surface area (Å²) in [5, 5.41) is 0. The van der Waals surface area contributed by atoms with Gasteiger partial charge in [0.15, 0.2) is 14.6 Å². The van der Waals surface area contributed by atoms with Crippen LogP contribution in [0.1, 0.15) is 18.4 Å². The monoisotopic (exact) mass is 325 g/mol. The van der Waals surface area contributed by atoms with Crippen LogP contribution in [0.25, 0.3) is 0 Å². The molecule has 120 valence electrons. The van der Waals surface area contributed by atoms with E-state index in [1.165, 1.54) is 0 Å². The van der Waals surface area contributed by atoms with Crippen LogP contribution >= 0.6 is 0 Å². The SMILES string of the molecule is COc1ccc2c(c1)CN(C(=O)C1(S(C)(=O)=O)CC1)CCO2. The minimum Gasteiger partial charge on any atom is -0.497 e. The van der Waals surface area contributed by atoms with Crippen molar-refractivity contribution in [1.29, 1.82) is 0 Å². The number of sulfone groups is 1. The molecular weight excluding hydrogens is 306 g/mol. The molecule has 0 aromatic heterocycles. The number of carbonyl (C=O) groups excluding carboxylic acids is 1. The zero-order valence-corrected chi connectivity index (χ0v) is 13.5. The molecule has 1 aliphatic carbocycles. The Morgan fingerprint density at radius 2 is 2.09 bits per heavy atom. The van der Waals surface area contributed by atoms with Crippen molar-refractivity contribution in [2.24, 2.45) is 0 Å².